The smallest absolute Gasteiger partial charge is 0.341 e. The molecule has 0 fully saturated rings. The summed E-state index contributed by atoms with van der Waals surface area (Å²) in [6.45, 7) is 1.71. The molecule has 2 N–H and O–H groups in total. The highest BCUT2D eigenvalue weighted by molar-refractivity contribution is 5.96. The van der Waals surface area contributed by atoms with E-state index >= 15 is 0 Å². The Hall–Kier alpha value is -2.09. The molecule has 0 aliphatic carbocycles. The largest absolute Gasteiger partial charge is 0.416 e. The minimum absolute atomic E-state index is 0.145. The molecule has 1 rings (SSSR count). The van der Waals surface area contributed by atoms with Crippen molar-refractivity contribution < 1.29 is 22.8 Å². The number of hydrogen-bond donors (Lipinski definition) is 2. The summed E-state index contributed by atoms with van der Waals surface area (Å²) in [6, 6.07) is 3.60. The molecule has 0 spiro atoms. The number of benzene rings is 1. The number of carbonyl (C=O) groups is 2. The number of hydrogen-bond acceptors (Lipinski definition) is 3. The molecule has 0 unspecified atom stereocenters. The summed E-state index contributed by atoms with van der Waals surface area (Å²) in [6.07, 6.45) is -4.41. The monoisotopic (exact) mass is 317 g/mol. The molecule has 122 valence electrons. The van der Waals surface area contributed by atoms with Crippen molar-refractivity contribution in [2.24, 2.45) is 0 Å². The summed E-state index contributed by atoms with van der Waals surface area (Å²) in [5, 5.41) is 4.37. The van der Waals surface area contributed by atoms with Gasteiger partial charge in [0.15, 0.2) is 0 Å². The molecule has 0 aromatic heterocycles. The predicted octanol–water partition coefficient (Wildman–Crippen LogP) is 1.98. The minimum atomic E-state index is -4.41. The van der Waals surface area contributed by atoms with Crippen LogP contribution in [0, 0.1) is 0 Å². The van der Waals surface area contributed by atoms with E-state index in [4.69, 9.17) is 0 Å². The number of carbonyl (C=O) groups excluding carboxylic acids is 2. The van der Waals surface area contributed by atoms with Crippen LogP contribution in [0.2, 0.25) is 0 Å². The summed E-state index contributed by atoms with van der Waals surface area (Å²) < 4.78 is 38.0. The van der Waals surface area contributed by atoms with Gasteiger partial charge in [0.1, 0.15) is 0 Å². The van der Waals surface area contributed by atoms with E-state index in [0.717, 1.165) is 12.1 Å². The normalized spacial score (nSPS) is 12.9. The van der Waals surface area contributed by atoms with Gasteiger partial charge in [-0.15, -0.1) is 0 Å². The maximum Gasteiger partial charge on any atom is 0.416 e. The van der Waals surface area contributed by atoms with Gasteiger partial charge in [0.25, 0.3) is 0 Å². The molecule has 0 aliphatic heterocycles. The average Bonchev–Trinajstić information content (AvgIpc) is 2.45. The van der Waals surface area contributed by atoms with E-state index in [-0.39, 0.29) is 6.54 Å². The van der Waals surface area contributed by atoms with Crippen molar-refractivity contribution in [3.8, 4) is 0 Å². The molecule has 8 heteroatoms. The number of nitrogens with one attached hydrogen (secondary N) is 2. The molecule has 0 saturated heterocycles. The molecule has 22 heavy (non-hydrogen) atoms. The van der Waals surface area contributed by atoms with Gasteiger partial charge in [-0.2, -0.15) is 13.2 Å². The third-order valence-electron chi connectivity index (χ3n) is 3.19. The van der Waals surface area contributed by atoms with Crippen molar-refractivity contribution in [1.82, 2.24) is 15.5 Å². The number of imide groups is 1. The van der Waals surface area contributed by atoms with Gasteiger partial charge in [-0.1, -0.05) is 18.2 Å². The molecular weight excluding hydrogens is 299 g/mol. The first-order valence-corrected chi connectivity index (χ1v) is 6.54. The van der Waals surface area contributed by atoms with E-state index < -0.39 is 29.7 Å². The zero-order valence-electron chi connectivity index (χ0n) is 12.5. The van der Waals surface area contributed by atoms with Crippen molar-refractivity contribution in [2.75, 3.05) is 14.1 Å². The van der Waals surface area contributed by atoms with Gasteiger partial charge in [-0.25, -0.2) is 4.79 Å². The predicted molar refractivity (Wildman–Crippen MR) is 75.0 cm³/mol. The van der Waals surface area contributed by atoms with Crippen LogP contribution in [0.1, 0.15) is 18.1 Å². The Bertz CT molecular complexity index is 546. The van der Waals surface area contributed by atoms with Crippen molar-refractivity contribution in [1.29, 1.82) is 0 Å². The molecular formula is C14H18F3N3O2. The van der Waals surface area contributed by atoms with Gasteiger partial charge in [0, 0.05) is 13.6 Å². The average molecular weight is 317 g/mol. The Morgan fingerprint density at radius 3 is 2.50 bits per heavy atom. The number of urea groups is 1. The molecule has 0 bridgehead atoms. The molecule has 3 amide bonds. The van der Waals surface area contributed by atoms with Gasteiger partial charge in [-0.05, 0) is 25.6 Å². The summed E-state index contributed by atoms with van der Waals surface area (Å²) in [7, 11) is 2.97. The number of halogens is 3. The molecule has 0 radical (unpaired) electrons. The van der Waals surface area contributed by atoms with Gasteiger partial charge < -0.3 is 5.32 Å². The van der Waals surface area contributed by atoms with Crippen molar-refractivity contribution in [3.05, 3.63) is 35.4 Å². The summed E-state index contributed by atoms with van der Waals surface area (Å²) in [5.74, 6) is -0.533. The Morgan fingerprint density at radius 2 is 1.95 bits per heavy atom. The van der Waals surface area contributed by atoms with Crippen LogP contribution >= 0.6 is 0 Å². The molecule has 0 heterocycles. The van der Waals surface area contributed by atoms with Crippen LogP contribution in [0.4, 0.5) is 18.0 Å². The van der Waals surface area contributed by atoms with Gasteiger partial charge in [0.2, 0.25) is 5.91 Å². The standard InChI is InChI=1S/C14H18F3N3O2/c1-9(12(21)19-13(22)18-2)20(3)8-10-5-4-6-11(7-10)14(15,16)17/h4-7,9H,8H2,1-3H3,(H2,18,19,21,22)/t9-/m1/s1. The first-order valence-electron chi connectivity index (χ1n) is 6.54. The fourth-order valence-corrected chi connectivity index (χ4v) is 1.75. The Morgan fingerprint density at radius 1 is 1.32 bits per heavy atom. The maximum atomic E-state index is 12.7. The zero-order chi connectivity index (χ0) is 16.9. The molecule has 0 saturated carbocycles. The van der Waals surface area contributed by atoms with Crippen LogP contribution in [0.25, 0.3) is 0 Å². The quantitative estimate of drug-likeness (QED) is 0.893. The van der Waals surface area contributed by atoms with Crippen LogP contribution < -0.4 is 10.6 Å². The second kappa shape index (κ2) is 7.26. The number of alkyl halides is 3. The third-order valence-corrected chi connectivity index (χ3v) is 3.19. The fourth-order valence-electron chi connectivity index (χ4n) is 1.75. The Labute approximate surface area is 126 Å². The topological polar surface area (TPSA) is 61.4 Å². The first-order chi connectivity index (χ1) is 10.1. The Kier molecular flexibility index (Phi) is 5.92. The second-order valence-corrected chi connectivity index (χ2v) is 4.86. The zero-order valence-corrected chi connectivity index (χ0v) is 12.5. The molecule has 1 aromatic carbocycles. The van der Waals surface area contributed by atoms with E-state index in [2.05, 4.69) is 10.6 Å². The molecule has 0 aliphatic rings. The summed E-state index contributed by atoms with van der Waals surface area (Å²) >= 11 is 0. The van der Waals surface area contributed by atoms with Crippen molar-refractivity contribution in [2.45, 2.75) is 25.7 Å². The highest BCUT2D eigenvalue weighted by Crippen LogP contribution is 2.29. The number of rotatable bonds is 4. The summed E-state index contributed by atoms with van der Waals surface area (Å²) in [5.41, 5.74) is -0.308. The number of likely N-dealkylation sites (N-methyl/N-ethyl adjacent to an activating group) is 1. The maximum absolute atomic E-state index is 12.7. The van der Waals surface area contributed by atoms with Crippen LogP contribution in [0.5, 0.6) is 0 Å². The number of amides is 3. The lowest BCUT2D eigenvalue weighted by molar-refractivity contribution is -0.137. The van der Waals surface area contributed by atoms with Crippen LogP contribution in [0.3, 0.4) is 0 Å². The second-order valence-electron chi connectivity index (χ2n) is 4.86. The van der Waals surface area contributed by atoms with Gasteiger partial charge >= 0.3 is 12.2 Å². The van der Waals surface area contributed by atoms with Crippen molar-refractivity contribution in [3.63, 3.8) is 0 Å². The van der Waals surface area contributed by atoms with E-state index in [0.29, 0.717) is 5.56 Å². The van der Waals surface area contributed by atoms with Gasteiger partial charge in [0.05, 0.1) is 11.6 Å². The summed E-state index contributed by atoms with van der Waals surface area (Å²) in [4.78, 5) is 24.4. The third kappa shape index (κ3) is 5.03. The molecule has 5 nitrogen and oxygen atoms in total. The lowest BCUT2D eigenvalue weighted by Crippen LogP contribution is -2.47. The van der Waals surface area contributed by atoms with Gasteiger partial charge in [-0.3, -0.25) is 15.0 Å². The SMILES string of the molecule is CNC(=O)NC(=O)[C@@H](C)N(C)Cc1cccc(C(F)(F)F)c1. The van der Waals surface area contributed by atoms with Crippen LogP contribution in [-0.2, 0) is 17.5 Å². The first kappa shape index (κ1) is 18.0. The van der Waals surface area contributed by atoms with E-state index in [1.165, 1.54) is 13.1 Å². The molecule has 1 aromatic rings. The highest BCUT2D eigenvalue weighted by atomic mass is 19.4. The molecule has 1 atom stereocenters. The van der Waals surface area contributed by atoms with E-state index in [1.807, 2.05) is 0 Å². The van der Waals surface area contributed by atoms with E-state index in [9.17, 15) is 22.8 Å². The fraction of sp³-hybridized carbons (Fsp3) is 0.429. The van der Waals surface area contributed by atoms with Crippen molar-refractivity contribution >= 4 is 11.9 Å². The lowest BCUT2D eigenvalue weighted by Gasteiger charge is -2.23. The highest BCUT2D eigenvalue weighted by Gasteiger charge is 2.30. The minimum Gasteiger partial charge on any atom is -0.341 e. The van der Waals surface area contributed by atoms with Crippen LogP contribution in [-0.4, -0.2) is 37.0 Å². The lowest BCUT2D eigenvalue weighted by atomic mass is 10.1. The van der Waals surface area contributed by atoms with Crippen LogP contribution in [0.15, 0.2) is 24.3 Å². The Balaban J connectivity index is 2.74. The number of nitrogens with zero attached hydrogens (tertiary/aromatic N) is 1. The van der Waals surface area contributed by atoms with E-state index in [1.54, 1.807) is 24.9 Å².